The van der Waals surface area contributed by atoms with Crippen molar-refractivity contribution in [3.05, 3.63) is 0 Å². The minimum atomic E-state index is 0.296. The fourth-order valence-corrected chi connectivity index (χ4v) is 1.59. The second-order valence-corrected chi connectivity index (χ2v) is 4.17. The first kappa shape index (κ1) is 12.9. The van der Waals surface area contributed by atoms with E-state index in [4.69, 9.17) is 10.2 Å². The highest BCUT2D eigenvalue weighted by molar-refractivity contribution is 4.72. The summed E-state index contributed by atoms with van der Waals surface area (Å²) in [5.41, 5.74) is 0.310. The van der Waals surface area contributed by atoms with Crippen LogP contribution >= 0.6 is 0 Å². The fourth-order valence-electron chi connectivity index (χ4n) is 1.59. The molecule has 0 heterocycles. The average molecular weight is 188 g/mol. The van der Waals surface area contributed by atoms with Crippen LogP contribution in [0.2, 0.25) is 0 Å². The first-order chi connectivity index (χ1) is 6.18. The maximum absolute atomic E-state index is 8.90. The smallest absolute Gasteiger partial charge is 0.0436 e. The van der Waals surface area contributed by atoms with E-state index in [2.05, 4.69) is 13.8 Å². The van der Waals surface area contributed by atoms with E-state index < -0.39 is 0 Å². The third-order valence-corrected chi connectivity index (χ3v) is 3.01. The molecular formula is C11H24O2. The van der Waals surface area contributed by atoms with Crippen molar-refractivity contribution in [3.8, 4) is 0 Å². The topological polar surface area (TPSA) is 40.5 Å². The Kier molecular flexibility index (Phi) is 7.29. The van der Waals surface area contributed by atoms with E-state index in [0.717, 1.165) is 25.7 Å². The van der Waals surface area contributed by atoms with Crippen LogP contribution in [0.1, 0.15) is 52.4 Å². The van der Waals surface area contributed by atoms with Crippen LogP contribution in [0.5, 0.6) is 0 Å². The average Bonchev–Trinajstić information content (AvgIpc) is 2.13. The molecule has 0 spiro atoms. The standard InChI is InChI=1S/C11H24O2/c1-3-11(2,8-10-13)7-5-4-6-9-12/h12-13H,3-10H2,1-2H3. The number of aliphatic hydroxyl groups is 2. The SMILES string of the molecule is CCC(C)(CCO)CCCCCO. The molecule has 0 aliphatic rings. The maximum Gasteiger partial charge on any atom is 0.0436 e. The van der Waals surface area contributed by atoms with Gasteiger partial charge in [-0.1, -0.05) is 33.1 Å². The quantitative estimate of drug-likeness (QED) is 0.574. The molecule has 0 saturated heterocycles. The van der Waals surface area contributed by atoms with Crippen LogP contribution in [0, 0.1) is 5.41 Å². The van der Waals surface area contributed by atoms with E-state index in [0.29, 0.717) is 18.6 Å². The first-order valence-electron chi connectivity index (χ1n) is 5.40. The van der Waals surface area contributed by atoms with E-state index in [1.54, 1.807) is 0 Å². The summed E-state index contributed by atoms with van der Waals surface area (Å²) in [6.45, 7) is 5.02. The highest BCUT2D eigenvalue weighted by Gasteiger charge is 2.20. The van der Waals surface area contributed by atoms with Gasteiger partial charge < -0.3 is 10.2 Å². The van der Waals surface area contributed by atoms with Crippen LogP contribution in [0.15, 0.2) is 0 Å². The van der Waals surface area contributed by atoms with Crippen molar-refractivity contribution in [1.82, 2.24) is 0 Å². The molecular weight excluding hydrogens is 164 g/mol. The summed E-state index contributed by atoms with van der Waals surface area (Å²) in [6.07, 6.45) is 6.40. The molecule has 0 fully saturated rings. The summed E-state index contributed by atoms with van der Waals surface area (Å²) in [5, 5.41) is 17.5. The van der Waals surface area contributed by atoms with Gasteiger partial charge in [-0.2, -0.15) is 0 Å². The molecule has 0 bridgehead atoms. The highest BCUT2D eigenvalue weighted by atomic mass is 16.3. The predicted molar refractivity (Wildman–Crippen MR) is 55.7 cm³/mol. The highest BCUT2D eigenvalue weighted by Crippen LogP contribution is 2.31. The summed E-state index contributed by atoms with van der Waals surface area (Å²) in [4.78, 5) is 0. The minimum absolute atomic E-state index is 0.296. The summed E-state index contributed by atoms with van der Waals surface area (Å²) in [7, 11) is 0. The monoisotopic (exact) mass is 188 g/mol. The zero-order valence-corrected chi connectivity index (χ0v) is 9.05. The number of aliphatic hydroxyl groups excluding tert-OH is 2. The van der Waals surface area contributed by atoms with E-state index >= 15 is 0 Å². The lowest BCUT2D eigenvalue weighted by Crippen LogP contribution is -2.16. The summed E-state index contributed by atoms with van der Waals surface area (Å²) < 4.78 is 0. The van der Waals surface area contributed by atoms with Gasteiger partial charge in [-0.3, -0.25) is 0 Å². The van der Waals surface area contributed by atoms with Gasteiger partial charge in [-0.15, -0.1) is 0 Å². The van der Waals surface area contributed by atoms with E-state index in [-0.39, 0.29) is 0 Å². The van der Waals surface area contributed by atoms with Gasteiger partial charge in [0.2, 0.25) is 0 Å². The third-order valence-electron chi connectivity index (χ3n) is 3.01. The molecule has 0 aliphatic carbocycles. The Morgan fingerprint density at radius 3 is 2.08 bits per heavy atom. The summed E-state index contributed by atoms with van der Waals surface area (Å²) in [6, 6.07) is 0. The van der Waals surface area contributed by atoms with E-state index in [9.17, 15) is 0 Å². The minimum Gasteiger partial charge on any atom is -0.396 e. The molecule has 2 nitrogen and oxygen atoms in total. The van der Waals surface area contributed by atoms with Crippen molar-refractivity contribution in [2.24, 2.45) is 5.41 Å². The largest absolute Gasteiger partial charge is 0.396 e. The number of rotatable bonds is 8. The molecule has 0 amide bonds. The second kappa shape index (κ2) is 7.34. The van der Waals surface area contributed by atoms with Gasteiger partial charge >= 0.3 is 0 Å². The Morgan fingerprint density at radius 1 is 0.923 bits per heavy atom. The fraction of sp³-hybridized carbons (Fsp3) is 1.00. The molecule has 1 atom stereocenters. The zero-order chi connectivity index (χ0) is 10.2. The van der Waals surface area contributed by atoms with Gasteiger partial charge in [0.25, 0.3) is 0 Å². The normalized spacial score (nSPS) is 15.7. The van der Waals surface area contributed by atoms with Gasteiger partial charge in [0.15, 0.2) is 0 Å². The third kappa shape index (κ3) is 6.05. The maximum atomic E-state index is 8.90. The van der Waals surface area contributed by atoms with Crippen molar-refractivity contribution >= 4 is 0 Å². The van der Waals surface area contributed by atoms with Crippen molar-refractivity contribution in [2.75, 3.05) is 13.2 Å². The number of unbranched alkanes of at least 4 members (excludes halogenated alkanes) is 2. The lowest BCUT2D eigenvalue weighted by atomic mass is 9.79. The van der Waals surface area contributed by atoms with Crippen molar-refractivity contribution in [3.63, 3.8) is 0 Å². The second-order valence-electron chi connectivity index (χ2n) is 4.17. The molecule has 80 valence electrons. The number of hydrogen-bond donors (Lipinski definition) is 2. The van der Waals surface area contributed by atoms with Crippen LogP contribution in [0.4, 0.5) is 0 Å². The Morgan fingerprint density at radius 2 is 1.62 bits per heavy atom. The number of hydrogen-bond acceptors (Lipinski definition) is 2. The van der Waals surface area contributed by atoms with Crippen LogP contribution in [0.3, 0.4) is 0 Å². The molecule has 2 heteroatoms. The Balaban J connectivity index is 3.57. The summed E-state index contributed by atoms with van der Waals surface area (Å²) in [5.74, 6) is 0. The zero-order valence-electron chi connectivity index (χ0n) is 9.05. The van der Waals surface area contributed by atoms with Gasteiger partial charge in [0, 0.05) is 13.2 Å². The lowest BCUT2D eigenvalue weighted by molar-refractivity contribution is 0.175. The molecule has 0 aromatic carbocycles. The molecule has 0 rings (SSSR count). The van der Waals surface area contributed by atoms with Gasteiger partial charge in [-0.05, 0) is 24.7 Å². The van der Waals surface area contributed by atoms with Crippen molar-refractivity contribution < 1.29 is 10.2 Å². The Bertz CT molecular complexity index is 115. The van der Waals surface area contributed by atoms with Gasteiger partial charge in [0.1, 0.15) is 0 Å². The van der Waals surface area contributed by atoms with Gasteiger partial charge in [-0.25, -0.2) is 0 Å². The van der Waals surface area contributed by atoms with Gasteiger partial charge in [0.05, 0.1) is 0 Å². The summed E-state index contributed by atoms with van der Waals surface area (Å²) >= 11 is 0. The Labute approximate surface area is 82.0 Å². The van der Waals surface area contributed by atoms with Crippen molar-refractivity contribution in [1.29, 1.82) is 0 Å². The molecule has 0 aromatic heterocycles. The molecule has 0 radical (unpaired) electrons. The first-order valence-corrected chi connectivity index (χ1v) is 5.40. The molecule has 1 unspecified atom stereocenters. The molecule has 0 aromatic rings. The lowest BCUT2D eigenvalue weighted by Gasteiger charge is -2.27. The van der Waals surface area contributed by atoms with Crippen LogP contribution < -0.4 is 0 Å². The molecule has 0 aliphatic heterocycles. The van der Waals surface area contributed by atoms with Crippen LogP contribution in [-0.2, 0) is 0 Å². The molecule has 2 N–H and O–H groups in total. The molecule has 13 heavy (non-hydrogen) atoms. The van der Waals surface area contributed by atoms with E-state index in [1.807, 2.05) is 0 Å². The Hall–Kier alpha value is -0.0800. The van der Waals surface area contributed by atoms with E-state index in [1.165, 1.54) is 12.8 Å². The molecule has 0 saturated carbocycles. The van der Waals surface area contributed by atoms with Crippen LogP contribution in [0.25, 0.3) is 0 Å². The van der Waals surface area contributed by atoms with Crippen LogP contribution in [-0.4, -0.2) is 23.4 Å². The van der Waals surface area contributed by atoms with Crippen molar-refractivity contribution in [2.45, 2.75) is 52.4 Å². The predicted octanol–water partition coefficient (Wildman–Crippen LogP) is 2.34.